The van der Waals surface area contributed by atoms with Crippen molar-refractivity contribution >= 4 is 39.5 Å². The predicted molar refractivity (Wildman–Crippen MR) is 120 cm³/mol. The van der Waals surface area contributed by atoms with Crippen LogP contribution in [-0.2, 0) is 24.1 Å². The molecule has 7 heteroatoms. The van der Waals surface area contributed by atoms with E-state index in [9.17, 15) is 13.6 Å². The summed E-state index contributed by atoms with van der Waals surface area (Å²) in [6, 6.07) is 23.3. The third-order valence-electron chi connectivity index (χ3n) is 5.03. The summed E-state index contributed by atoms with van der Waals surface area (Å²) in [6.07, 6.45) is 3.03. The minimum atomic E-state index is -2.52. The Morgan fingerprint density at radius 1 is 0.935 bits per heavy atom. The fourth-order valence-electron chi connectivity index (χ4n) is 3.50. The number of carboxylic acid groups (broad SMARTS) is 1. The molecule has 0 aliphatic rings. The average molecular weight is 431 g/mol. The van der Waals surface area contributed by atoms with Gasteiger partial charge in [-0.2, -0.15) is 0 Å². The van der Waals surface area contributed by atoms with Gasteiger partial charge in [0, 0.05) is 11.6 Å². The topological polar surface area (TPSA) is 93.6 Å². The Bertz CT molecular complexity index is 1250. The van der Waals surface area contributed by atoms with Gasteiger partial charge in [-0.1, -0.05) is 42.5 Å². The first-order chi connectivity index (χ1) is 15.0. The van der Waals surface area contributed by atoms with Crippen LogP contribution < -0.4 is 4.31 Å². The molecule has 0 amide bonds. The van der Waals surface area contributed by atoms with Crippen molar-refractivity contribution in [3.05, 3.63) is 102 Å². The van der Waals surface area contributed by atoms with E-state index in [0.29, 0.717) is 29.7 Å². The molecular weight excluding hydrogens is 412 g/mol. The molecule has 1 unspecified atom stereocenters. The van der Waals surface area contributed by atoms with Gasteiger partial charge in [-0.05, 0) is 60.4 Å². The Hall–Kier alpha value is -3.55. The molecule has 156 valence electrons. The van der Waals surface area contributed by atoms with Crippen molar-refractivity contribution in [2.24, 2.45) is 0 Å². The number of aromatic carboxylic acids is 1. The van der Waals surface area contributed by atoms with E-state index in [1.165, 1.54) is 4.31 Å². The molecule has 1 aromatic heterocycles. The second-order valence-corrected chi connectivity index (χ2v) is 7.84. The lowest BCUT2D eigenvalue weighted by molar-refractivity contribution is 0.0696. The smallest absolute Gasteiger partial charge is 0.335 e. The number of anilines is 2. The van der Waals surface area contributed by atoms with Gasteiger partial charge >= 0.3 is 5.97 Å². The highest BCUT2D eigenvalue weighted by Gasteiger charge is 2.14. The number of pyridine rings is 1. The number of carbonyl (C=O) groups is 1. The standard InChI is InChI=1S/C24H20N2O4S/c27-24(28)20-6-1-4-18(16-20)10-9-17-11-13-21(14-12-17)26(31(29)30)22-8-2-5-19-7-3-15-25-23(19)22/h1-8,11-16H,9-10H2,(H,27,28)(H,29,30)/p-1. The maximum absolute atomic E-state index is 12.1. The molecule has 4 rings (SSSR count). The van der Waals surface area contributed by atoms with Crippen LogP contribution in [0.5, 0.6) is 0 Å². The van der Waals surface area contributed by atoms with Crippen molar-refractivity contribution in [2.75, 3.05) is 4.31 Å². The lowest BCUT2D eigenvalue weighted by atomic mass is 10.0. The van der Waals surface area contributed by atoms with Gasteiger partial charge in [0.2, 0.25) is 0 Å². The molecule has 1 atom stereocenters. The number of para-hydroxylation sites is 1. The van der Waals surface area contributed by atoms with Gasteiger partial charge in [0.05, 0.1) is 33.7 Å². The average Bonchev–Trinajstić information content (AvgIpc) is 2.79. The summed E-state index contributed by atoms with van der Waals surface area (Å²) < 4.78 is 25.4. The van der Waals surface area contributed by atoms with E-state index in [2.05, 4.69) is 4.98 Å². The third-order valence-corrected chi connectivity index (χ3v) is 5.73. The van der Waals surface area contributed by atoms with Crippen LogP contribution in [0, 0.1) is 0 Å². The minimum Gasteiger partial charge on any atom is -0.755 e. The zero-order valence-corrected chi connectivity index (χ0v) is 17.3. The quantitative estimate of drug-likeness (QED) is 0.430. The first-order valence-corrected chi connectivity index (χ1v) is 10.7. The number of hydrogen-bond donors (Lipinski definition) is 1. The highest BCUT2D eigenvalue weighted by atomic mass is 32.2. The van der Waals surface area contributed by atoms with Gasteiger partial charge in [0.15, 0.2) is 0 Å². The zero-order valence-electron chi connectivity index (χ0n) is 16.5. The van der Waals surface area contributed by atoms with E-state index in [0.717, 1.165) is 16.5 Å². The third kappa shape index (κ3) is 4.63. The monoisotopic (exact) mass is 431 g/mol. The number of rotatable bonds is 7. The van der Waals surface area contributed by atoms with Crippen molar-refractivity contribution in [1.82, 2.24) is 4.98 Å². The number of hydrogen-bond acceptors (Lipinski definition) is 4. The molecule has 0 saturated heterocycles. The number of benzene rings is 3. The fraction of sp³-hybridized carbons (Fsp3) is 0.0833. The summed E-state index contributed by atoms with van der Waals surface area (Å²) in [5.41, 5.74) is 3.85. The number of carboxylic acids is 1. The number of nitrogens with zero attached hydrogens (tertiary/aromatic N) is 2. The van der Waals surface area contributed by atoms with Gasteiger partial charge in [-0.3, -0.25) is 13.5 Å². The first-order valence-electron chi connectivity index (χ1n) is 9.67. The number of aromatic nitrogens is 1. The maximum Gasteiger partial charge on any atom is 0.335 e. The molecule has 31 heavy (non-hydrogen) atoms. The highest BCUT2D eigenvalue weighted by Crippen LogP contribution is 2.32. The van der Waals surface area contributed by atoms with Crippen LogP contribution in [0.2, 0.25) is 0 Å². The lowest BCUT2D eigenvalue weighted by Crippen LogP contribution is -2.20. The van der Waals surface area contributed by atoms with Gasteiger partial charge in [-0.25, -0.2) is 4.79 Å². The van der Waals surface area contributed by atoms with Crippen molar-refractivity contribution in [3.8, 4) is 0 Å². The van der Waals surface area contributed by atoms with E-state index in [-0.39, 0.29) is 5.56 Å². The first kappa shape index (κ1) is 20.7. The van der Waals surface area contributed by atoms with Crippen LogP contribution in [0.15, 0.2) is 85.1 Å². The molecule has 1 heterocycles. The Balaban J connectivity index is 1.56. The summed E-state index contributed by atoms with van der Waals surface area (Å²) in [5.74, 6) is -0.945. The van der Waals surface area contributed by atoms with Crippen LogP contribution in [0.25, 0.3) is 10.9 Å². The Morgan fingerprint density at radius 2 is 1.65 bits per heavy atom. The van der Waals surface area contributed by atoms with E-state index in [1.54, 1.807) is 48.7 Å². The minimum absolute atomic E-state index is 0.269. The molecule has 0 aliphatic carbocycles. The van der Waals surface area contributed by atoms with Gasteiger partial charge in [-0.15, -0.1) is 0 Å². The molecular formula is C24H19N2O4S-. The van der Waals surface area contributed by atoms with Crippen LogP contribution in [0.3, 0.4) is 0 Å². The van der Waals surface area contributed by atoms with E-state index in [1.807, 2.05) is 36.4 Å². The maximum atomic E-state index is 12.1. The van der Waals surface area contributed by atoms with Crippen LogP contribution in [-0.4, -0.2) is 24.8 Å². The van der Waals surface area contributed by atoms with Crippen molar-refractivity contribution < 1.29 is 18.7 Å². The molecule has 0 aliphatic heterocycles. The van der Waals surface area contributed by atoms with Crippen LogP contribution >= 0.6 is 0 Å². The van der Waals surface area contributed by atoms with Crippen molar-refractivity contribution in [2.45, 2.75) is 12.8 Å². The molecule has 6 nitrogen and oxygen atoms in total. The summed E-state index contributed by atoms with van der Waals surface area (Å²) in [4.78, 5) is 15.5. The molecule has 0 saturated carbocycles. The normalized spacial score (nSPS) is 11.9. The zero-order chi connectivity index (χ0) is 21.8. The van der Waals surface area contributed by atoms with Gasteiger partial charge < -0.3 is 9.66 Å². The Morgan fingerprint density at radius 3 is 2.39 bits per heavy atom. The van der Waals surface area contributed by atoms with E-state index < -0.39 is 17.2 Å². The molecule has 1 N–H and O–H groups in total. The van der Waals surface area contributed by atoms with Crippen molar-refractivity contribution in [1.29, 1.82) is 0 Å². The van der Waals surface area contributed by atoms with Gasteiger partial charge in [0.25, 0.3) is 0 Å². The fourth-order valence-corrected chi connectivity index (χ4v) is 4.11. The Kier molecular flexibility index (Phi) is 6.06. The van der Waals surface area contributed by atoms with Crippen LogP contribution in [0.1, 0.15) is 21.5 Å². The molecule has 3 aromatic carbocycles. The highest BCUT2D eigenvalue weighted by molar-refractivity contribution is 7.81. The van der Waals surface area contributed by atoms with Crippen LogP contribution in [0.4, 0.5) is 11.4 Å². The van der Waals surface area contributed by atoms with Crippen molar-refractivity contribution in [3.63, 3.8) is 0 Å². The van der Waals surface area contributed by atoms with E-state index >= 15 is 0 Å². The van der Waals surface area contributed by atoms with E-state index in [4.69, 9.17) is 5.11 Å². The largest absolute Gasteiger partial charge is 0.755 e. The second-order valence-electron chi connectivity index (χ2n) is 7.04. The molecule has 0 fully saturated rings. The molecule has 0 radical (unpaired) electrons. The lowest BCUT2D eigenvalue weighted by Gasteiger charge is -2.27. The van der Waals surface area contributed by atoms with Gasteiger partial charge in [0.1, 0.15) is 0 Å². The summed E-state index contributed by atoms with van der Waals surface area (Å²) in [5, 5.41) is 9.98. The summed E-state index contributed by atoms with van der Waals surface area (Å²) in [7, 11) is 0. The Labute approximate surface area is 182 Å². The molecule has 0 bridgehead atoms. The number of fused-ring (bicyclic) bond motifs is 1. The summed E-state index contributed by atoms with van der Waals surface area (Å²) in [6.45, 7) is 0. The summed E-state index contributed by atoms with van der Waals surface area (Å²) >= 11 is -2.52. The molecule has 4 aromatic rings. The predicted octanol–water partition coefficient (Wildman–Crippen LogP) is 4.65. The molecule has 0 spiro atoms. The SMILES string of the molecule is O=C(O)c1cccc(CCc2ccc(N(c3cccc4cccnc34)S(=O)[O-])cc2)c1. The second kappa shape index (κ2) is 9.07. The number of aryl methyl sites for hydroxylation is 2.